The fourth-order valence-corrected chi connectivity index (χ4v) is 2.65. The first-order valence-electron chi connectivity index (χ1n) is 5.16. The van der Waals surface area contributed by atoms with E-state index in [-0.39, 0.29) is 11.1 Å². The van der Waals surface area contributed by atoms with Gasteiger partial charge in [-0.1, -0.05) is 37.0 Å². The van der Waals surface area contributed by atoms with Gasteiger partial charge in [-0.15, -0.1) is 0 Å². The maximum absolute atomic E-state index is 11.9. The van der Waals surface area contributed by atoms with Crippen molar-refractivity contribution in [3.05, 3.63) is 10.6 Å². The number of aliphatic carboxylic acids is 1. The predicted octanol–water partition coefficient (Wildman–Crippen LogP) is 2.60. The molecule has 2 atom stereocenters. The van der Waals surface area contributed by atoms with Gasteiger partial charge in [-0.3, -0.25) is 9.59 Å². The Labute approximate surface area is 110 Å². The Morgan fingerprint density at radius 3 is 2.29 bits per heavy atom. The SMILES string of the molecule is CCOC(=O)C1(C(=O)O)C(C=C(Cl)Cl)C1(C)C. The number of carboxylic acids is 1. The van der Waals surface area contributed by atoms with Crippen molar-refractivity contribution in [3.8, 4) is 0 Å². The molecule has 0 aromatic carbocycles. The zero-order valence-electron chi connectivity index (χ0n) is 9.79. The van der Waals surface area contributed by atoms with E-state index in [9.17, 15) is 14.7 Å². The smallest absolute Gasteiger partial charge is 0.324 e. The minimum absolute atomic E-state index is 0.0458. The molecule has 17 heavy (non-hydrogen) atoms. The molecule has 1 aliphatic carbocycles. The molecule has 0 saturated heterocycles. The Bertz CT molecular complexity index is 385. The van der Waals surface area contributed by atoms with Crippen LogP contribution in [0, 0.1) is 16.7 Å². The first-order chi connectivity index (χ1) is 7.72. The highest BCUT2D eigenvalue weighted by Crippen LogP contribution is 2.70. The summed E-state index contributed by atoms with van der Waals surface area (Å²) in [5, 5.41) is 9.30. The van der Waals surface area contributed by atoms with Gasteiger partial charge in [-0.2, -0.15) is 0 Å². The van der Waals surface area contributed by atoms with E-state index in [1.54, 1.807) is 20.8 Å². The summed E-state index contributed by atoms with van der Waals surface area (Å²) in [6.07, 6.45) is 1.38. The first kappa shape index (κ1) is 14.3. The molecule has 0 aromatic heterocycles. The lowest BCUT2D eigenvalue weighted by molar-refractivity contribution is -0.163. The van der Waals surface area contributed by atoms with Crippen LogP contribution in [-0.4, -0.2) is 23.7 Å². The molecule has 0 amide bonds. The molecule has 0 bridgehead atoms. The molecule has 1 rings (SSSR count). The number of esters is 1. The average molecular weight is 281 g/mol. The fourth-order valence-electron chi connectivity index (χ4n) is 2.39. The molecule has 2 unspecified atom stereocenters. The Hall–Kier alpha value is -0.740. The van der Waals surface area contributed by atoms with E-state index in [4.69, 9.17) is 27.9 Å². The molecule has 4 nitrogen and oxygen atoms in total. The lowest BCUT2D eigenvalue weighted by Gasteiger charge is -2.13. The van der Waals surface area contributed by atoms with E-state index in [1.807, 2.05) is 0 Å². The van der Waals surface area contributed by atoms with E-state index >= 15 is 0 Å². The van der Waals surface area contributed by atoms with Crippen molar-refractivity contribution in [1.82, 2.24) is 0 Å². The molecule has 0 aliphatic heterocycles. The summed E-state index contributed by atoms with van der Waals surface area (Å²) in [4.78, 5) is 23.2. The van der Waals surface area contributed by atoms with Gasteiger partial charge in [0.1, 0.15) is 4.49 Å². The van der Waals surface area contributed by atoms with Gasteiger partial charge in [-0.25, -0.2) is 0 Å². The Morgan fingerprint density at radius 2 is 1.94 bits per heavy atom. The van der Waals surface area contributed by atoms with Crippen molar-refractivity contribution < 1.29 is 19.4 Å². The van der Waals surface area contributed by atoms with Crippen LogP contribution in [0.1, 0.15) is 20.8 Å². The maximum atomic E-state index is 11.9. The third-order valence-corrected chi connectivity index (χ3v) is 3.66. The number of ether oxygens (including phenoxy) is 1. The molecule has 1 fully saturated rings. The van der Waals surface area contributed by atoms with E-state index in [2.05, 4.69) is 0 Å². The second-order valence-electron chi connectivity index (χ2n) is 4.49. The van der Waals surface area contributed by atoms with Crippen LogP contribution < -0.4 is 0 Å². The standard InChI is InChI=1S/C11H14Cl2O4/c1-4-17-9(16)11(8(14)15)6(5-7(12)13)10(11,2)3/h5-6H,4H2,1-3H3,(H,14,15). The van der Waals surface area contributed by atoms with Gasteiger partial charge in [-0.05, 0) is 13.0 Å². The lowest BCUT2D eigenvalue weighted by atomic mass is 9.96. The molecule has 0 heterocycles. The van der Waals surface area contributed by atoms with Crippen LogP contribution in [0.3, 0.4) is 0 Å². The van der Waals surface area contributed by atoms with Crippen LogP contribution in [0.2, 0.25) is 0 Å². The van der Waals surface area contributed by atoms with Gasteiger partial charge >= 0.3 is 11.9 Å². The van der Waals surface area contributed by atoms with Crippen molar-refractivity contribution >= 4 is 35.1 Å². The number of carbonyl (C=O) groups excluding carboxylic acids is 1. The quantitative estimate of drug-likeness (QED) is 0.635. The zero-order chi connectivity index (χ0) is 13.4. The summed E-state index contributed by atoms with van der Waals surface area (Å²) in [6.45, 7) is 5.11. The maximum Gasteiger partial charge on any atom is 0.324 e. The highest BCUT2D eigenvalue weighted by atomic mass is 35.5. The zero-order valence-corrected chi connectivity index (χ0v) is 11.3. The number of halogens is 2. The van der Waals surface area contributed by atoms with E-state index in [1.165, 1.54) is 6.08 Å². The lowest BCUT2D eigenvalue weighted by Crippen LogP contribution is -2.33. The number of hydrogen-bond acceptors (Lipinski definition) is 3. The third kappa shape index (κ3) is 1.93. The predicted molar refractivity (Wildman–Crippen MR) is 63.8 cm³/mol. The fraction of sp³-hybridized carbons (Fsp3) is 0.636. The van der Waals surface area contributed by atoms with E-state index < -0.39 is 28.7 Å². The van der Waals surface area contributed by atoms with Crippen molar-refractivity contribution in [2.45, 2.75) is 20.8 Å². The van der Waals surface area contributed by atoms with Crippen LogP contribution in [0.25, 0.3) is 0 Å². The largest absolute Gasteiger partial charge is 0.480 e. The molecule has 1 aliphatic rings. The van der Waals surface area contributed by atoms with Crippen molar-refractivity contribution in [2.75, 3.05) is 6.61 Å². The van der Waals surface area contributed by atoms with Crippen LogP contribution in [0.15, 0.2) is 10.6 Å². The Balaban J connectivity index is 3.16. The third-order valence-electron chi connectivity index (χ3n) is 3.40. The molecular formula is C11H14Cl2O4. The van der Waals surface area contributed by atoms with Crippen molar-refractivity contribution in [1.29, 1.82) is 0 Å². The minimum Gasteiger partial charge on any atom is -0.480 e. The summed E-state index contributed by atoms with van der Waals surface area (Å²) in [6, 6.07) is 0. The van der Waals surface area contributed by atoms with Gasteiger partial charge < -0.3 is 9.84 Å². The first-order valence-corrected chi connectivity index (χ1v) is 5.92. The average Bonchev–Trinajstić information content (AvgIpc) is 2.63. The van der Waals surface area contributed by atoms with Gasteiger partial charge in [0.05, 0.1) is 6.61 Å². The molecule has 0 aromatic rings. The Morgan fingerprint density at radius 1 is 1.41 bits per heavy atom. The second-order valence-corrected chi connectivity index (χ2v) is 5.50. The number of allylic oxidation sites excluding steroid dienone is 1. The number of carbonyl (C=O) groups is 2. The number of hydrogen-bond donors (Lipinski definition) is 1. The highest BCUT2D eigenvalue weighted by molar-refractivity contribution is 6.55. The molecule has 1 N–H and O–H groups in total. The molecule has 0 spiro atoms. The van der Waals surface area contributed by atoms with Crippen LogP contribution in [-0.2, 0) is 14.3 Å². The summed E-state index contributed by atoms with van der Waals surface area (Å²) in [5.41, 5.74) is -2.35. The molecule has 0 radical (unpaired) electrons. The highest BCUT2D eigenvalue weighted by Gasteiger charge is 2.80. The van der Waals surface area contributed by atoms with Crippen LogP contribution >= 0.6 is 23.2 Å². The van der Waals surface area contributed by atoms with Crippen LogP contribution in [0.4, 0.5) is 0 Å². The minimum atomic E-state index is -1.59. The summed E-state index contributed by atoms with van der Waals surface area (Å²) in [5.74, 6) is -2.51. The van der Waals surface area contributed by atoms with Crippen LogP contribution in [0.5, 0.6) is 0 Å². The normalized spacial score (nSPS) is 29.4. The monoisotopic (exact) mass is 280 g/mol. The van der Waals surface area contributed by atoms with Gasteiger partial charge in [0.15, 0.2) is 5.41 Å². The second kappa shape index (κ2) is 4.50. The number of rotatable bonds is 4. The van der Waals surface area contributed by atoms with E-state index in [0.717, 1.165) is 0 Å². The molecule has 1 saturated carbocycles. The van der Waals surface area contributed by atoms with Gasteiger partial charge in [0.2, 0.25) is 0 Å². The number of carboxylic acid groups (broad SMARTS) is 1. The topological polar surface area (TPSA) is 63.6 Å². The summed E-state index contributed by atoms with van der Waals surface area (Å²) < 4.78 is 4.80. The van der Waals surface area contributed by atoms with Gasteiger partial charge in [0, 0.05) is 11.3 Å². The van der Waals surface area contributed by atoms with Crippen molar-refractivity contribution in [3.63, 3.8) is 0 Å². The molecule has 96 valence electrons. The molecular weight excluding hydrogens is 267 g/mol. The molecule has 6 heteroatoms. The summed E-state index contributed by atoms with van der Waals surface area (Å²) >= 11 is 11.1. The van der Waals surface area contributed by atoms with Gasteiger partial charge in [0.25, 0.3) is 0 Å². The summed E-state index contributed by atoms with van der Waals surface area (Å²) in [7, 11) is 0. The van der Waals surface area contributed by atoms with Crippen molar-refractivity contribution in [2.24, 2.45) is 16.7 Å². The Kier molecular flexibility index (Phi) is 3.79. The van der Waals surface area contributed by atoms with E-state index in [0.29, 0.717) is 0 Å².